The predicted molar refractivity (Wildman–Crippen MR) is 457 cm³/mol. The van der Waals surface area contributed by atoms with Crippen LogP contribution in [0.25, 0.3) is 11.1 Å². The number of amides is 8. The van der Waals surface area contributed by atoms with Crippen LogP contribution in [0.3, 0.4) is 0 Å². The molecule has 0 saturated carbocycles. The molecule has 2 fully saturated rings. The number of benzene rings is 7. The summed E-state index contributed by atoms with van der Waals surface area (Å²) in [5.41, 5.74) is -2.67. The van der Waals surface area contributed by atoms with Crippen molar-refractivity contribution < 1.29 is 138 Å². The van der Waals surface area contributed by atoms with Gasteiger partial charge in [0.25, 0.3) is 0 Å². The minimum atomic E-state index is -2.45. The minimum absolute atomic E-state index is 0.0942. The zero-order chi connectivity index (χ0) is 92.7. The van der Waals surface area contributed by atoms with Gasteiger partial charge in [0.1, 0.15) is 131 Å². The quantitative estimate of drug-likeness (QED) is 0.0390. The molecule has 7 aromatic carbocycles. The SMILES string of the molecule is CN[C@H]1C(=O)N[C@@H]2Cc3ccc(cc3)Oc3cc4cc(c3O[C@@H]3O[C@H](C(=O)O)[C@@H](O)[C@H](O)[C@H]3NC(=O)CCCCCCCCCC(C)C)Oc3ccc(cc3Cl)[C@@H](O)[C@@H]3NC(=O)[C@H](NC(=O)[C@@H]4NC(=O)[C@@H](NC2=O)c2cc(cc(O)c2Cl)Oc2cc1ccc2O)c1ccc(O)c(c1)-c1c(O[C@H]2O[C@H](CO)[C@@H](O)[C@H](O)[C@@H]2O)cc(O)cc1[C@H](C(=O)NCCCN(C)C)NC3=O. The second-order valence-corrected chi connectivity index (χ2v) is 33.8. The van der Waals surface area contributed by atoms with Gasteiger partial charge in [0.15, 0.2) is 29.1 Å². The number of carbonyl (C=O) groups is 9. The molecule has 0 unspecified atom stereocenters. The number of phenolic OH excluding ortho intramolecular Hbond substituents is 4. The number of carboxylic acids is 1. The summed E-state index contributed by atoms with van der Waals surface area (Å²) < 4.78 is 44.5. The van der Waals surface area contributed by atoms with Gasteiger partial charge in [-0.3, -0.25) is 38.4 Å². The number of aliphatic hydroxyl groups is 7. The first-order chi connectivity index (χ1) is 61.6. The normalized spacial score (nSPS) is 25.7. The van der Waals surface area contributed by atoms with Crippen molar-refractivity contribution in [1.82, 2.24) is 52.8 Å². The van der Waals surface area contributed by atoms with E-state index in [0.717, 1.165) is 111 Å². The number of aliphatic hydroxyl groups excluding tert-OH is 7. The molecule has 8 heterocycles. The Hall–Kier alpha value is -11.9. The number of nitrogens with zero attached hydrogens (tertiary/aromatic N) is 1. The second kappa shape index (κ2) is 41.3. The summed E-state index contributed by atoms with van der Waals surface area (Å²) in [4.78, 5) is 140. The molecule has 7 aromatic rings. The van der Waals surface area contributed by atoms with Crippen LogP contribution >= 0.6 is 23.2 Å². The summed E-state index contributed by atoms with van der Waals surface area (Å²) in [6.07, 6.45) is -14.7. The maximum Gasteiger partial charge on any atom is 0.335 e. The summed E-state index contributed by atoms with van der Waals surface area (Å²) >= 11 is 14.3. The number of halogens is 2. The fourth-order valence-corrected chi connectivity index (χ4v) is 16.5. The molecule has 17 bridgehead atoms. The molecule has 8 aliphatic heterocycles. The molecule has 690 valence electrons. The van der Waals surface area contributed by atoms with Crippen molar-refractivity contribution in [3.63, 3.8) is 0 Å². The average Bonchev–Trinajstić information content (AvgIpc) is 0.751. The van der Waals surface area contributed by atoms with E-state index in [4.69, 9.17) is 56.4 Å². The number of unbranched alkanes of at least 4 members (excludes halogenated alkanes) is 6. The smallest absolute Gasteiger partial charge is 0.335 e. The molecule has 2 saturated heterocycles. The first-order valence-electron chi connectivity index (χ1n) is 42.0. The Bertz CT molecular complexity index is 5360. The number of aliphatic carboxylic acids is 1. The van der Waals surface area contributed by atoms with Crippen LogP contribution in [0.1, 0.15) is 153 Å². The Balaban J connectivity index is 1.03. The molecule has 15 rings (SSSR count). The van der Waals surface area contributed by atoms with Crippen LogP contribution in [0.4, 0.5) is 0 Å². The Morgan fingerprint density at radius 3 is 1.89 bits per heavy atom. The van der Waals surface area contributed by atoms with Crippen molar-refractivity contribution in [3.8, 4) is 80.1 Å². The number of carbonyl (C=O) groups excluding carboxylic acids is 8. The largest absolute Gasteiger partial charge is 0.508 e. The molecular formula is C89H102Cl2N10O28. The van der Waals surface area contributed by atoms with Crippen molar-refractivity contribution in [3.05, 3.63) is 164 Å². The van der Waals surface area contributed by atoms with Crippen LogP contribution < -0.4 is 71.5 Å². The minimum Gasteiger partial charge on any atom is -0.508 e. The summed E-state index contributed by atoms with van der Waals surface area (Å²) in [6, 6.07) is 5.70. The van der Waals surface area contributed by atoms with E-state index in [0.29, 0.717) is 30.9 Å². The summed E-state index contributed by atoms with van der Waals surface area (Å²) in [7, 11) is 4.96. The van der Waals surface area contributed by atoms with Crippen LogP contribution in [-0.2, 0) is 59.0 Å². The number of rotatable bonds is 23. The Morgan fingerprint density at radius 2 is 1.20 bits per heavy atom. The van der Waals surface area contributed by atoms with E-state index in [1.165, 1.54) is 49.5 Å². The third kappa shape index (κ3) is 21.7. The number of phenols is 4. The van der Waals surface area contributed by atoms with Gasteiger partial charge in [-0.15, -0.1) is 0 Å². The Morgan fingerprint density at radius 1 is 0.558 bits per heavy atom. The fourth-order valence-electron chi connectivity index (χ4n) is 16.1. The van der Waals surface area contributed by atoms with Gasteiger partial charge in [-0.05, 0) is 153 Å². The number of carboxylic acid groups (broad SMARTS) is 1. The summed E-state index contributed by atoms with van der Waals surface area (Å²) in [5, 5.41) is 161. The number of fused-ring (bicyclic) bond motifs is 14. The van der Waals surface area contributed by atoms with Gasteiger partial charge in [0, 0.05) is 48.2 Å². The molecule has 0 radical (unpaired) electrons. The van der Waals surface area contributed by atoms with E-state index in [2.05, 4.69) is 61.7 Å². The van der Waals surface area contributed by atoms with Gasteiger partial charge in [0.05, 0.1) is 16.7 Å². The molecule has 21 N–H and O–H groups in total. The summed E-state index contributed by atoms with van der Waals surface area (Å²) in [6.45, 7) is 3.65. The fraction of sp³-hybridized carbons (Fsp3) is 0.427. The van der Waals surface area contributed by atoms with Crippen molar-refractivity contribution in [2.45, 2.75) is 194 Å². The number of likely N-dealkylation sites (N-methyl/N-ethyl adjacent to an activating group) is 1. The van der Waals surface area contributed by atoms with Crippen LogP contribution in [0.2, 0.25) is 10.0 Å². The highest BCUT2D eigenvalue weighted by Crippen LogP contribution is 2.51. The van der Waals surface area contributed by atoms with E-state index in [1.807, 2.05) is 0 Å². The van der Waals surface area contributed by atoms with Crippen molar-refractivity contribution in [2.75, 3.05) is 40.8 Å². The van der Waals surface area contributed by atoms with Crippen molar-refractivity contribution in [2.24, 2.45) is 5.92 Å². The second-order valence-electron chi connectivity index (χ2n) is 33.1. The van der Waals surface area contributed by atoms with Crippen molar-refractivity contribution in [1.29, 1.82) is 0 Å². The number of hydrogen-bond acceptors (Lipinski definition) is 29. The monoisotopic (exact) mass is 1830 g/mol. The van der Waals surface area contributed by atoms with Crippen molar-refractivity contribution >= 4 is 76.4 Å². The van der Waals surface area contributed by atoms with Gasteiger partial charge in [-0.25, -0.2) is 4.79 Å². The molecule has 0 aliphatic carbocycles. The lowest BCUT2D eigenvalue weighted by Gasteiger charge is -2.41. The molecule has 129 heavy (non-hydrogen) atoms. The van der Waals surface area contributed by atoms with Gasteiger partial charge in [0.2, 0.25) is 65.6 Å². The maximum absolute atomic E-state index is 16.8. The average molecular weight is 1830 g/mol. The number of ether oxygens (including phenoxy) is 7. The highest BCUT2D eigenvalue weighted by atomic mass is 35.5. The third-order valence-electron chi connectivity index (χ3n) is 23.0. The number of hydrogen-bond donors (Lipinski definition) is 21. The lowest BCUT2D eigenvalue weighted by molar-refractivity contribution is -0.277. The van der Waals surface area contributed by atoms with Crippen LogP contribution in [0, 0.1) is 5.92 Å². The Kier molecular flexibility index (Phi) is 30.3. The van der Waals surface area contributed by atoms with Gasteiger partial charge in [-0.1, -0.05) is 112 Å². The lowest BCUT2D eigenvalue weighted by atomic mass is 9.89. The van der Waals surface area contributed by atoms with Crippen LogP contribution in [0.15, 0.2) is 115 Å². The molecule has 0 aromatic heterocycles. The van der Waals surface area contributed by atoms with Crippen LogP contribution in [0.5, 0.6) is 69.0 Å². The molecule has 38 nitrogen and oxygen atoms in total. The lowest BCUT2D eigenvalue weighted by Crippen LogP contribution is -2.66. The van der Waals surface area contributed by atoms with Crippen LogP contribution in [-0.4, -0.2) is 234 Å². The van der Waals surface area contributed by atoms with E-state index in [9.17, 15) is 75.7 Å². The molecule has 18 atom stereocenters. The van der Waals surface area contributed by atoms with Gasteiger partial charge >= 0.3 is 5.97 Å². The molecule has 0 spiro atoms. The zero-order valence-corrected chi connectivity index (χ0v) is 72.0. The molecule has 8 amide bonds. The summed E-state index contributed by atoms with van der Waals surface area (Å²) in [5.74, 6) is -17.4. The van der Waals surface area contributed by atoms with E-state index >= 15 is 28.8 Å². The topological polar surface area (TPSA) is 573 Å². The highest BCUT2D eigenvalue weighted by Gasteiger charge is 2.52. The zero-order valence-electron chi connectivity index (χ0n) is 70.4. The Labute approximate surface area is 748 Å². The van der Waals surface area contributed by atoms with Gasteiger partial charge < -0.3 is 147 Å². The van der Waals surface area contributed by atoms with Gasteiger partial charge in [-0.2, -0.15) is 0 Å². The third-order valence-corrected chi connectivity index (χ3v) is 23.7. The maximum atomic E-state index is 16.8. The standard InChI is InChI=1S/C89H102Cl2N10O28/c1-39(2)14-11-9-7-6-8-10-12-15-62(107)95-71-74(110)76(112)79(87(121)122)129-88(71)128-78-59-32-44-33-60(78)125-56-25-20-43(30-51(56)90)72(108)70-86(120)99-68(81(115)93-26-13-27-101(4)5)49-34-45(103)35-58(126-89-77(113)75(111)73(109)61(38-102)127-89)63(49)48-29-41(18-23-53(48)104)66(83(117)100-70)96-84(118)67(44)97-85(119)69-50-36-47(37-55(106)64(50)91)124-57-31-42(19-24-54(57)105)65(92-3)82(116)94-52(80(114)98-69)28-40-16-21-46(123-59)22-17-40/h16-25,29-37,39,52,61,65-77,79,88-89,92,102-106,108-113H,6-15,26-28,38H2,1-5H3,(H,93,115)(H,94,116)(H,95,107)(H,96,118)(H,97,119)(H,98,114)(H,99,120)(H,100,117)(H,121,122)/t52-,61-,65-,66-,67-,68-,69+,70+,71-,72-,73-,74-,75+,76+,77+,79+,88-,89+/m1/s1. The molecule has 40 heteroatoms. The first kappa shape index (κ1) is 94.7. The van der Waals surface area contributed by atoms with E-state index < -0.39 is 271 Å². The number of nitrogens with one attached hydrogen (secondary N) is 9. The number of aromatic hydroxyl groups is 4. The molecule has 8 aliphatic rings. The molecular weight excluding hydrogens is 1730 g/mol. The predicted octanol–water partition coefficient (Wildman–Crippen LogP) is 4.56. The highest BCUT2D eigenvalue weighted by molar-refractivity contribution is 6.33. The van der Waals surface area contributed by atoms with E-state index in [-0.39, 0.29) is 47.8 Å². The first-order valence-corrected chi connectivity index (χ1v) is 42.8. The van der Waals surface area contributed by atoms with E-state index in [1.54, 1.807) is 19.0 Å².